The summed E-state index contributed by atoms with van der Waals surface area (Å²) in [4.78, 5) is 27.3. The van der Waals surface area contributed by atoms with Gasteiger partial charge >= 0.3 is 11.9 Å². The van der Waals surface area contributed by atoms with Crippen LogP contribution in [0.3, 0.4) is 0 Å². The van der Waals surface area contributed by atoms with Crippen molar-refractivity contribution in [3.63, 3.8) is 0 Å². The molecule has 0 atom stereocenters. The Kier molecular flexibility index (Phi) is 4.81. The van der Waals surface area contributed by atoms with Gasteiger partial charge in [0.05, 0.1) is 10.6 Å². The molecule has 7 heteroatoms. The van der Waals surface area contributed by atoms with Crippen LogP contribution in [0.5, 0.6) is 5.75 Å². The molecule has 3 rings (SSSR count). The number of carbonyl (C=O) groups is 2. The topological polar surface area (TPSA) is 85.2 Å². The first-order valence-corrected chi connectivity index (χ1v) is 7.63. The SMILES string of the molecule is O=C(O)COc1ccc(/C=C2\C(=O)ON=C2c2ccccc2)cc1Cl. The van der Waals surface area contributed by atoms with Crippen LogP contribution in [0, 0.1) is 0 Å². The van der Waals surface area contributed by atoms with Crippen LogP contribution in [0.2, 0.25) is 5.02 Å². The van der Waals surface area contributed by atoms with Crippen LogP contribution in [-0.4, -0.2) is 29.4 Å². The van der Waals surface area contributed by atoms with E-state index in [-0.39, 0.29) is 10.8 Å². The van der Waals surface area contributed by atoms with Crippen molar-refractivity contribution in [2.24, 2.45) is 5.16 Å². The number of hydrogen-bond acceptors (Lipinski definition) is 5. The van der Waals surface area contributed by atoms with Crippen LogP contribution in [0.25, 0.3) is 6.08 Å². The van der Waals surface area contributed by atoms with Crippen molar-refractivity contribution >= 4 is 35.3 Å². The maximum absolute atomic E-state index is 12.0. The number of hydrogen-bond donors (Lipinski definition) is 1. The summed E-state index contributed by atoms with van der Waals surface area (Å²) in [5, 5.41) is 12.7. The number of benzene rings is 2. The van der Waals surface area contributed by atoms with Gasteiger partial charge in [0.2, 0.25) is 0 Å². The molecule has 2 aromatic carbocycles. The molecular formula is C18H12ClNO5. The fraction of sp³-hybridized carbons (Fsp3) is 0.0556. The molecule has 0 spiro atoms. The zero-order valence-corrected chi connectivity index (χ0v) is 13.6. The van der Waals surface area contributed by atoms with Gasteiger partial charge in [0, 0.05) is 5.56 Å². The summed E-state index contributed by atoms with van der Waals surface area (Å²) in [5.74, 6) is -1.40. The zero-order chi connectivity index (χ0) is 17.8. The molecule has 0 unspecified atom stereocenters. The monoisotopic (exact) mass is 357 g/mol. The van der Waals surface area contributed by atoms with E-state index in [2.05, 4.69) is 5.16 Å². The second-order valence-corrected chi connectivity index (χ2v) is 5.52. The van der Waals surface area contributed by atoms with Crippen molar-refractivity contribution in [2.45, 2.75) is 0 Å². The van der Waals surface area contributed by atoms with Gasteiger partial charge in [-0.3, -0.25) is 0 Å². The highest BCUT2D eigenvalue weighted by molar-refractivity contribution is 6.33. The highest BCUT2D eigenvalue weighted by Gasteiger charge is 2.26. The Balaban J connectivity index is 1.88. The molecule has 0 amide bonds. The maximum atomic E-state index is 12.0. The number of nitrogens with zero attached hydrogens (tertiary/aromatic N) is 1. The third kappa shape index (κ3) is 3.87. The average Bonchev–Trinajstić information content (AvgIpc) is 2.95. The number of oxime groups is 1. The van der Waals surface area contributed by atoms with Crippen molar-refractivity contribution in [1.82, 2.24) is 0 Å². The molecule has 126 valence electrons. The maximum Gasteiger partial charge on any atom is 0.368 e. The molecule has 0 aliphatic carbocycles. The number of ether oxygens (including phenoxy) is 1. The Labute approximate surface area is 147 Å². The van der Waals surface area contributed by atoms with E-state index >= 15 is 0 Å². The van der Waals surface area contributed by atoms with Crippen molar-refractivity contribution in [3.05, 3.63) is 70.3 Å². The molecule has 0 aromatic heterocycles. The molecule has 0 saturated heterocycles. The van der Waals surface area contributed by atoms with Crippen molar-refractivity contribution in [2.75, 3.05) is 6.61 Å². The van der Waals surface area contributed by atoms with Crippen LogP contribution in [0.4, 0.5) is 0 Å². The minimum Gasteiger partial charge on any atom is -0.480 e. The van der Waals surface area contributed by atoms with Crippen LogP contribution in [0.1, 0.15) is 11.1 Å². The standard InChI is InChI=1S/C18H12ClNO5/c19-14-9-11(6-7-15(14)24-10-16(21)22)8-13-17(20-25-18(13)23)12-4-2-1-3-5-12/h1-9H,10H2,(H,21,22)/b13-8-. The van der Waals surface area contributed by atoms with E-state index in [1.54, 1.807) is 18.2 Å². The fourth-order valence-electron chi connectivity index (χ4n) is 2.24. The Morgan fingerprint density at radius 3 is 2.68 bits per heavy atom. The van der Waals surface area contributed by atoms with E-state index in [1.165, 1.54) is 6.07 Å². The number of carbonyl (C=O) groups excluding carboxylic acids is 1. The lowest BCUT2D eigenvalue weighted by Gasteiger charge is -2.06. The van der Waals surface area contributed by atoms with E-state index in [4.69, 9.17) is 26.3 Å². The molecule has 1 aliphatic rings. The number of carboxylic acid groups (broad SMARTS) is 1. The smallest absolute Gasteiger partial charge is 0.368 e. The first-order valence-electron chi connectivity index (χ1n) is 7.25. The third-order valence-electron chi connectivity index (χ3n) is 3.36. The highest BCUT2D eigenvalue weighted by atomic mass is 35.5. The molecule has 0 radical (unpaired) electrons. The van der Waals surface area contributed by atoms with Crippen LogP contribution in [-0.2, 0) is 14.4 Å². The summed E-state index contributed by atoms with van der Waals surface area (Å²) in [5.41, 5.74) is 2.13. The molecule has 1 N–H and O–H groups in total. The first kappa shape index (κ1) is 16.7. The summed E-state index contributed by atoms with van der Waals surface area (Å²) < 4.78 is 5.07. The number of halogens is 1. The lowest BCUT2D eigenvalue weighted by Crippen LogP contribution is -2.09. The molecule has 6 nitrogen and oxygen atoms in total. The Bertz CT molecular complexity index is 890. The largest absolute Gasteiger partial charge is 0.480 e. The van der Waals surface area contributed by atoms with E-state index in [0.717, 1.165) is 5.56 Å². The van der Waals surface area contributed by atoms with Gasteiger partial charge in [0.15, 0.2) is 6.61 Å². The normalized spacial score (nSPS) is 15.0. The van der Waals surface area contributed by atoms with Crippen molar-refractivity contribution in [1.29, 1.82) is 0 Å². The van der Waals surface area contributed by atoms with E-state index in [9.17, 15) is 9.59 Å². The molecule has 1 aliphatic heterocycles. The van der Waals surface area contributed by atoms with Gasteiger partial charge in [-0.05, 0) is 23.8 Å². The summed E-state index contributed by atoms with van der Waals surface area (Å²) in [7, 11) is 0. The van der Waals surface area contributed by atoms with Gasteiger partial charge in [-0.2, -0.15) is 0 Å². The average molecular weight is 358 g/mol. The molecule has 0 saturated carbocycles. The van der Waals surface area contributed by atoms with Gasteiger partial charge in [-0.1, -0.05) is 53.2 Å². The predicted octanol–water partition coefficient (Wildman–Crippen LogP) is 3.15. The Hall–Kier alpha value is -3.12. The minimum atomic E-state index is -1.10. The van der Waals surface area contributed by atoms with Gasteiger partial charge in [0.1, 0.15) is 11.5 Å². The van der Waals surface area contributed by atoms with Crippen molar-refractivity contribution < 1.29 is 24.3 Å². The molecule has 1 heterocycles. The van der Waals surface area contributed by atoms with Gasteiger partial charge < -0.3 is 14.7 Å². The lowest BCUT2D eigenvalue weighted by atomic mass is 10.0. The zero-order valence-electron chi connectivity index (χ0n) is 12.8. The first-order chi connectivity index (χ1) is 12.0. The number of carboxylic acids is 1. The number of rotatable bonds is 5. The summed E-state index contributed by atoms with van der Waals surface area (Å²) in [6.45, 7) is -0.489. The molecule has 0 fully saturated rings. The second-order valence-electron chi connectivity index (χ2n) is 5.11. The summed E-state index contributed by atoms with van der Waals surface area (Å²) >= 11 is 6.09. The minimum absolute atomic E-state index is 0.236. The van der Waals surface area contributed by atoms with E-state index < -0.39 is 18.5 Å². The van der Waals surface area contributed by atoms with Gasteiger partial charge in [0.25, 0.3) is 0 Å². The van der Waals surface area contributed by atoms with Crippen molar-refractivity contribution in [3.8, 4) is 5.75 Å². The van der Waals surface area contributed by atoms with Crippen LogP contribution in [0.15, 0.2) is 59.3 Å². The molecular weight excluding hydrogens is 346 g/mol. The quantitative estimate of drug-likeness (QED) is 0.656. The molecule has 2 aromatic rings. The molecule has 0 bridgehead atoms. The Morgan fingerprint density at radius 2 is 2.00 bits per heavy atom. The van der Waals surface area contributed by atoms with E-state index in [1.807, 2.05) is 30.3 Å². The summed E-state index contributed by atoms with van der Waals surface area (Å²) in [6, 6.07) is 13.9. The molecule has 25 heavy (non-hydrogen) atoms. The predicted molar refractivity (Wildman–Crippen MR) is 91.6 cm³/mol. The third-order valence-corrected chi connectivity index (χ3v) is 3.66. The second kappa shape index (κ2) is 7.19. The Morgan fingerprint density at radius 1 is 1.24 bits per heavy atom. The summed E-state index contributed by atoms with van der Waals surface area (Å²) in [6.07, 6.45) is 1.61. The van der Waals surface area contributed by atoms with Gasteiger partial charge in [-0.15, -0.1) is 0 Å². The van der Waals surface area contributed by atoms with Gasteiger partial charge in [-0.25, -0.2) is 9.59 Å². The fourth-order valence-corrected chi connectivity index (χ4v) is 2.49. The highest BCUT2D eigenvalue weighted by Crippen LogP contribution is 2.28. The van der Waals surface area contributed by atoms with E-state index in [0.29, 0.717) is 16.8 Å². The van der Waals surface area contributed by atoms with Crippen LogP contribution < -0.4 is 4.74 Å². The lowest BCUT2D eigenvalue weighted by molar-refractivity contribution is -0.139. The number of aliphatic carboxylic acids is 1. The van der Waals surface area contributed by atoms with Crippen LogP contribution >= 0.6 is 11.6 Å².